The highest BCUT2D eigenvalue weighted by Crippen LogP contribution is 2.60. The number of carbonyl (C=O) groups is 3. The summed E-state index contributed by atoms with van der Waals surface area (Å²) in [5.74, 6) is 1.08. The van der Waals surface area contributed by atoms with Crippen LogP contribution in [-0.4, -0.2) is 29.8 Å². The normalized spacial score (nSPS) is 31.0. The molecule has 0 aromatic heterocycles. The van der Waals surface area contributed by atoms with Crippen molar-refractivity contribution in [3.8, 4) is 0 Å². The monoisotopic (exact) mass is 411 g/mol. The Hall–Kier alpha value is -2.37. The first-order chi connectivity index (χ1) is 14.4. The third-order valence-corrected chi connectivity index (χ3v) is 7.49. The van der Waals surface area contributed by atoms with Gasteiger partial charge in [0.2, 0.25) is 17.7 Å². The lowest BCUT2D eigenvalue weighted by molar-refractivity contribution is -0.148. The highest BCUT2D eigenvalue weighted by atomic mass is 16.2. The van der Waals surface area contributed by atoms with E-state index in [-0.39, 0.29) is 17.2 Å². The van der Waals surface area contributed by atoms with Crippen LogP contribution < -0.4 is 16.4 Å². The van der Waals surface area contributed by atoms with Gasteiger partial charge < -0.3 is 16.4 Å². The Kier molecular flexibility index (Phi) is 5.85. The molecule has 2 atom stereocenters. The number of rotatable bonds is 8. The number of primary amides is 1. The number of amides is 3. The third-order valence-electron chi connectivity index (χ3n) is 7.49. The zero-order valence-corrected chi connectivity index (χ0v) is 17.7. The van der Waals surface area contributed by atoms with Gasteiger partial charge in [-0.05, 0) is 68.3 Å². The van der Waals surface area contributed by atoms with Gasteiger partial charge in [-0.1, -0.05) is 37.3 Å². The van der Waals surface area contributed by atoms with Crippen molar-refractivity contribution in [2.24, 2.45) is 28.9 Å². The minimum atomic E-state index is -0.729. The van der Waals surface area contributed by atoms with E-state index in [1.54, 1.807) is 6.92 Å². The minimum absolute atomic E-state index is 0.0183. The molecule has 1 aromatic rings. The fourth-order valence-electron chi connectivity index (χ4n) is 6.41. The average Bonchev–Trinajstić information content (AvgIpc) is 2.70. The van der Waals surface area contributed by atoms with Crippen LogP contribution in [-0.2, 0) is 20.8 Å². The highest BCUT2D eigenvalue weighted by molar-refractivity contribution is 5.93. The molecule has 6 nitrogen and oxygen atoms in total. The Bertz CT molecular complexity index is 772. The van der Waals surface area contributed by atoms with Gasteiger partial charge in [-0.3, -0.25) is 14.4 Å². The van der Waals surface area contributed by atoms with Gasteiger partial charge in [0.15, 0.2) is 0 Å². The van der Waals surface area contributed by atoms with E-state index in [4.69, 9.17) is 5.73 Å². The van der Waals surface area contributed by atoms with E-state index in [2.05, 4.69) is 10.6 Å². The topological polar surface area (TPSA) is 101 Å². The van der Waals surface area contributed by atoms with Crippen molar-refractivity contribution in [1.82, 2.24) is 10.6 Å². The van der Waals surface area contributed by atoms with Gasteiger partial charge in [0.25, 0.3) is 0 Å². The summed E-state index contributed by atoms with van der Waals surface area (Å²) in [5, 5.41) is 5.83. The molecule has 4 aliphatic carbocycles. The molecule has 3 amide bonds. The van der Waals surface area contributed by atoms with Crippen molar-refractivity contribution in [3.63, 3.8) is 0 Å². The van der Waals surface area contributed by atoms with Gasteiger partial charge >= 0.3 is 0 Å². The second-order valence-corrected chi connectivity index (χ2v) is 9.79. The molecule has 0 aliphatic heterocycles. The van der Waals surface area contributed by atoms with Crippen LogP contribution in [0.2, 0.25) is 0 Å². The van der Waals surface area contributed by atoms with E-state index >= 15 is 0 Å². The zero-order valence-electron chi connectivity index (χ0n) is 17.7. The molecule has 4 fully saturated rings. The van der Waals surface area contributed by atoms with Crippen molar-refractivity contribution in [2.75, 3.05) is 0 Å². The SMILES string of the molecule is CCC(NC(=O)C(Cc1ccccc1)NC(=O)C12CC3CC(CC(C3)C1)C2)C(N)=O. The third kappa shape index (κ3) is 4.23. The lowest BCUT2D eigenvalue weighted by Gasteiger charge is -2.55. The Balaban J connectivity index is 1.51. The summed E-state index contributed by atoms with van der Waals surface area (Å²) in [6, 6.07) is 8.21. The summed E-state index contributed by atoms with van der Waals surface area (Å²) in [6.07, 6.45) is 7.43. The van der Waals surface area contributed by atoms with Crippen LogP contribution in [0.3, 0.4) is 0 Å². The quantitative estimate of drug-likeness (QED) is 0.612. The smallest absolute Gasteiger partial charge is 0.243 e. The van der Waals surface area contributed by atoms with Crippen molar-refractivity contribution in [1.29, 1.82) is 0 Å². The Morgan fingerprint density at radius 3 is 2.03 bits per heavy atom. The van der Waals surface area contributed by atoms with Crippen LogP contribution >= 0.6 is 0 Å². The average molecular weight is 412 g/mol. The fraction of sp³-hybridized carbons (Fsp3) is 0.625. The molecular weight excluding hydrogens is 378 g/mol. The van der Waals surface area contributed by atoms with Crippen molar-refractivity contribution in [3.05, 3.63) is 35.9 Å². The van der Waals surface area contributed by atoms with E-state index < -0.39 is 18.0 Å². The van der Waals surface area contributed by atoms with Gasteiger partial charge in [0.1, 0.15) is 12.1 Å². The first-order valence-electron chi connectivity index (χ1n) is 11.3. The number of hydrogen-bond acceptors (Lipinski definition) is 3. The summed E-state index contributed by atoms with van der Waals surface area (Å²) in [4.78, 5) is 38.2. The second-order valence-electron chi connectivity index (χ2n) is 9.79. The molecule has 2 unspecified atom stereocenters. The summed E-state index contributed by atoms with van der Waals surface area (Å²) in [5.41, 5.74) is 6.06. The van der Waals surface area contributed by atoms with Gasteiger partial charge in [-0.15, -0.1) is 0 Å². The molecule has 0 saturated heterocycles. The molecule has 4 N–H and O–H groups in total. The number of nitrogens with two attached hydrogens (primary N) is 1. The largest absolute Gasteiger partial charge is 0.368 e. The molecule has 5 rings (SSSR count). The minimum Gasteiger partial charge on any atom is -0.368 e. The molecule has 4 saturated carbocycles. The van der Waals surface area contributed by atoms with Crippen LogP contribution in [0.25, 0.3) is 0 Å². The maximum absolute atomic E-state index is 13.5. The maximum Gasteiger partial charge on any atom is 0.243 e. The fourth-order valence-corrected chi connectivity index (χ4v) is 6.41. The Labute approximate surface area is 178 Å². The first-order valence-corrected chi connectivity index (χ1v) is 11.3. The summed E-state index contributed by atoms with van der Waals surface area (Å²) in [6.45, 7) is 1.80. The van der Waals surface area contributed by atoms with E-state index in [1.165, 1.54) is 19.3 Å². The molecule has 162 valence electrons. The van der Waals surface area contributed by atoms with Crippen LogP contribution in [0.1, 0.15) is 57.4 Å². The lowest BCUT2D eigenvalue weighted by Crippen LogP contribution is -2.59. The van der Waals surface area contributed by atoms with Gasteiger partial charge in [0, 0.05) is 11.8 Å². The van der Waals surface area contributed by atoms with Gasteiger partial charge in [0.05, 0.1) is 0 Å². The number of benzene rings is 1. The first kappa shape index (κ1) is 20.9. The molecule has 0 radical (unpaired) electrons. The number of nitrogens with one attached hydrogen (secondary N) is 2. The van der Waals surface area contributed by atoms with E-state index in [0.29, 0.717) is 30.6 Å². The Morgan fingerprint density at radius 1 is 0.967 bits per heavy atom. The molecule has 4 aliphatic rings. The lowest BCUT2D eigenvalue weighted by atomic mass is 9.49. The van der Waals surface area contributed by atoms with Crippen LogP contribution in [0.15, 0.2) is 30.3 Å². The molecule has 4 bridgehead atoms. The highest BCUT2D eigenvalue weighted by Gasteiger charge is 2.55. The molecule has 1 aromatic carbocycles. The van der Waals surface area contributed by atoms with Crippen molar-refractivity contribution >= 4 is 17.7 Å². The van der Waals surface area contributed by atoms with Gasteiger partial charge in [-0.2, -0.15) is 0 Å². The standard InChI is InChI=1S/C24H33N3O3/c1-2-19(21(25)28)26-22(29)20(11-15-6-4-3-5-7-15)27-23(30)24-12-16-8-17(13-24)10-18(9-16)14-24/h3-7,16-20H,2,8-14H2,1H3,(H2,25,28)(H,26,29)(H,27,30). The number of hydrogen-bond donors (Lipinski definition) is 3. The maximum atomic E-state index is 13.5. The van der Waals surface area contributed by atoms with Crippen LogP contribution in [0.5, 0.6) is 0 Å². The molecule has 6 heteroatoms. The Morgan fingerprint density at radius 2 is 1.53 bits per heavy atom. The molecule has 30 heavy (non-hydrogen) atoms. The van der Waals surface area contributed by atoms with Gasteiger partial charge in [-0.25, -0.2) is 0 Å². The summed E-state index contributed by atoms with van der Waals surface area (Å²) < 4.78 is 0. The predicted molar refractivity (Wildman–Crippen MR) is 114 cm³/mol. The van der Waals surface area contributed by atoms with Crippen LogP contribution in [0, 0.1) is 23.2 Å². The van der Waals surface area contributed by atoms with E-state index in [1.807, 2.05) is 30.3 Å². The number of carbonyl (C=O) groups excluding carboxylic acids is 3. The van der Waals surface area contributed by atoms with Crippen molar-refractivity contribution < 1.29 is 14.4 Å². The molecule has 0 spiro atoms. The predicted octanol–water partition coefficient (Wildman–Crippen LogP) is 2.31. The molecule has 0 heterocycles. The van der Waals surface area contributed by atoms with Crippen molar-refractivity contribution in [2.45, 2.75) is 70.4 Å². The summed E-state index contributed by atoms with van der Waals surface area (Å²) in [7, 11) is 0. The van der Waals surface area contributed by atoms with Crippen LogP contribution in [0.4, 0.5) is 0 Å². The summed E-state index contributed by atoms with van der Waals surface area (Å²) >= 11 is 0. The zero-order chi connectivity index (χ0) is 21.3. The van der Waals surface area contributed by atoms with E-state index in [0.717, 1.165) is 24.8 Å². The van der Waals surface area contributed by atoms with E-state index in [9.17, 15) is 14.4 Å². The molecular formula is C24H33N3O3. The second kappa shape index (κ2) is 8.40.